The molecule has 2 heterocycles. The van der Waals surface area contributed by atoms with Crippen molar-refractivity contribution in [2.24, 2.45) is 0 Å². The lowest BCUT2D eigenvalue weighted by molar-refractivity contribution is 0.102. The fourth-order valence-electron chi connectivity index (χ4n) is 2.29. The lowest BCUT2D eigenvalue weighted by atomic mass is 10.2. The molecule has 1 N–H and O–H groups in total. The van der Waals surface area contributed by atoms with Gasteiger partial charge in [0.05, 0.1) is 0 Å². The minimum absolute atomic E-state index is 0.218. The van der Waals surface area contributed by atoms with Crippen molar-refractivity contribution in [3.63, 3.8) is 0 Å². The predicted molar refractivity (Wildman–Crippen MR) is 88.2 cm³/mol. The van der Waals surface area contributed by atoms with E-state index in [0.717, 1.165) is 0 Å². The second-order valence-electron chi connectivity index (χ2n) is 5.38. The number of carbonyl (C=O) groups is 1. The van der Waals surface area contributed by atoms with Gasteiger partial charge in [-0.3, -0.25) is 4.79 Å². The minimum atomic E-state index is -0.266. The number of carbonyl (C=O) groups excluding carboxylic acids is 1. The van der Waals surface area contributed by atoms with Crippen LogP contribution in [0.25, 0.3) is 0 Å². The number of benzene rings is 1. The van der Waals surface area contributed by atoms with E-state index in [1.54, 1.807) is 42.8 Å². The van der Waals surface area contributed by atoms with Gasteiger partial charge in [-0.15, -0.1) is 5.10 Å². The molecule has 1 aromatic carbocycles. The van der Waals surface area contributed by atoms with Crippen LogP contribution < -0.4 is 10.1 Å². The molecule has 0 spiro atoms. The molecule has 130 valence electrons. The SMILES string of the molecule is CCn1nnnc1COc1cccc(C(=O)Nc2c(C)noc2C)c1. The smallest absolute Gasteiger partial charge is 0.255 e. The standard InChI is InChI=1S/C16H18N6O3/c1-4-22-14(18-20-21-22)9-24-13-7-5-6-12(8-13)16(23)17-15-10(2)19-25-11(15)3/h5-8H,4,9H2,1-3H3,(H,17,23). The van der Waals surface area contributed by atoms with Gasteiger partial charge in [0.25, 0.3) is 5.91 Å². The summed E-state index contributed by atoms with van der Waals surface area (Å²) in [5, 5.41) is 18.0. The molecule has 0 radical (unpaired) electrons. The molecule has 9 heteroatoms. The molecule has 0 saturated heterocycles. The average Bonchev–Trinajstić information content (AvgIpc) is 3.21. The van der Waals surface area contributed by atoms with Gasteiger partial charge in [-0.2, -0.15) is 0 Å². The number of aryl methyl sites for hydroxylation is 3. The van der Waals surface area contributed by atoms with E-state index in [0.29, 0.717) is 40.8 Å². The van der Waals surface area contributed by atoms with Crippen molar-refractivity contribution in [3.8, 4) is 5.75 Å². The first-order chi connectivity index (χ1) is 12.1. The Kier molecular flexibility index (Phi) is 4.73. The highest BCUT2D eigenvalue weighted by Crippen LogP contribution is 2.21. The lowest BCUT2D eigenvalue weighted by Crippen LogP contribution is -2.13. The van der Waals surface area contributed by atoms with Crippen molar-refractivity contribution in [3.05, 3.63) is 47.1 Å². The summed E-state index contributed by atoms with van der Waals surface area (Å²) in [6.07, 6.45) is 0. The summed E-state index contributed by atoms with van der Waals surface area (Å²) in [6.45, 7) is 6.33. The van der Waals surface area contributed by atoms with Crippen molar-refractivity contribution in [1.29, 1.82) is 0 Å². The van der Waals surface area contributed by atoms with Gasteiger partial charge >= 0.3 is 0 Å². The van der Waals surface area contributed by atoms with E-state index in [1.807, 2.05) is 6.92 Å². The summed E-state index contributed by atoms with van der Waals surface area (Å²) in [7, 11) is 0. The van der Waals surface area contributed by atoms with Gasteiger partial charge in [0.15, 0.2) is 11.6 Å². The zero-order chi connectivity index (χ0) is 17.8. The van der Waals surface area contributed by atoms with Gasteiger partial charge in [-0.1, -0.05) is 11.2 Å². The van der Waals surface area contributed by atoms with E-state index in [1.165, 1.54) is 0 Å². The molecule has 2 aromatic heterocycles. The van der Waals surface area contributed by atoms with Crippen LogP contribution in [-0.2, 0) is 13.2 Å². The van der Waals surface area contributed by atoms with Gasteiger partial charge in [0.2, 0.25) is 0 Å². The Morgan fingerprint density at radius 2 is 2.20 bits per heavy atom. The van der Waals surface area contributed by atoms with E-state index >= 15 is 0 Å². The Morgan fingerprint density at radius 3 is 2.92 bits per heavy atom. The normalized spacial score (nSPS) is 10.7. The highest BCUT2D eigenvalue weighted by Gasteiger charge is 2.14. The maximum Gasteiger partial charge on any atom is 0.255 e. The molecule has 3 aromatic rings. The highest BCUT2D eigenvalue weighted by molar-refractivity contribution is 6.05. The summed E-state index contributed by atoms with van der Waals surface area (Å²) in [6, 6.07) is 6.89. The molecule has 0 aliphatic carbocycles. The van der Waals surface area contributed by atoms with Gasteiger partial charge in [0.1, 0.15) is 23.7 Å². The van der Waals surface area contributed by atoms with Crippen molar-refractivity contribution in [1.82, 2.24) is 25.4 Å². The molecule has 0 atom stereocenters. The van der Waals surface area contributed by atoms with Crippen molar-refractivity contribution in [2.45, 2.75) is 33.9 Å². The topological polar surface area (TPSA) is 108 Å². The van der Waals surface area contributed by atoms with Crippen LogP contribution in [0.15, 0.2) is 28.8 Å². The van der Waals surface area contributed by atoms with Gasteiger partial charge in [0, 0.05) is 12.1 Å². The van der Waals surface area contributed by atoms with Crippen LogP contribution in [0.5, 0.6) is 5.75 Å². The second-order valence-corrected chi connectivity index (χ2v) is 5.38. The fraction of sp³-hybridized carbons (Fsp3) is 0.312. The maximum atomic E-state index is 12.4. The first-order valence-corrected chi connectivity index (χ1v) is 7.80. The predicted octanol–water partition coefficient (Wildman–Crippen LogP) is 2.13. The number of rotatable bonds is 6. The first-order valence-electron chi connectivity index (χ1n) is 7.80. The highest BCUT2D eigenvalue weighted by atomic mass is 16.5. The largest absolute Gasteiger partial charge is 0.486 e. The monoisotopic (exact) mass is 342 g/mol. The third-order valence-corrected chi connectivity index (χ3v) is 3.64. The minimum Gasteiger partial charge on any atom is -0.486 e. The number of ether oxygens (including phenoxy) is 1. The summed E-state index contributed by atoms with van der Waals surface area (Å²) >= 11 is 0. The number of nitrogens with one attached hydrogen (secondary N) is 1. The Labute approximate surface area is 144 Å². The molecule has 0 bridgehead atoms. The molecule has 0 unspecified atom stereocenters. The Hall–Kier alpha value is -3.23. The molecular formula is C16H18N6O3. The van der Waals surface area contributed by atoms with E-state index < -0.39 is 0 Å². The molecule has 3 rings (SSSR count). The Balaban J connectivity index is 1.69. The molecule has 9 nitrogen and oxygen atoms in total. The van der Waals surface area contributed by atoms with E-state index in [4.69, 9.17) is 9.26 Å². The lowest BCUT2D eigenvalue weighted by Gasteiger charge is -2.08. The first kappa shape index (κ1) is 16.6. The fourth-order valence-corrected chi connectivity index (χ4v) is 2.29. The van der Waals surface area contributed by atoms with Crippen molar-refractivity contribution < 1.29 is 14.1 Å². The van der Waals surface area contributed by atoms with Gasteiger partial charge < -0.3 is 14.6 Å². The molecule has 0 aliphatic rings. The number of hydrogen-bond acceptors (Lipinski definition) is 7. The second kappa shape index (κ2) is 7.12. The van der Waals surface area contributed by atoms with Crippen LogP contribution in [0.3, 0.4) is 0 Å². The summed E-state index contributed by atoms with van der Waals surface area (Å²) in [4.78, 5) is 12.4. The van der Waals surface area contributed by atoms with Gasteiger partial charge in [-0.25, -0.2) is 4.68 Å². The van der Waals surface area contributed by atoms with E-state index in [-0.39, 0.29) is 12.5 Å². The zero-order valence-electron chi connectivity index (χ0n) is 14.2. The van der Waals surface area contributed by atoms with Crippen LogP contribution in [0.2, 0.25) is 0 Å². The third-order valence-electron chi connectivity index (χ3n) is 3.64. The number of tetrazole rings is 1. The Morgan fingerprint density at radius 1 is 1.36 bits per heavy atom. The molecular weight excluding hydrogens is 324 g/mol. The van der Waals surface area contributed by atoms with Crippen LogP contribution in [0, 0.1) is 13.8 Å². The van der Waals surface area contributed by atoms with Crippen LogP contribution in [0.4, 0.5) is 5.69 Å². The van der Waals surface area contributed by atoms with Crippen molar-refractivity contribution in [2.75, 3.05) is 5.32 Å². The number of nitrogens with zero attached hydrogens (tertiary/aromatic N) is 5. The third kappa shape index (κ3) is 3.65. The van der Waals surface area contributed by atoms with Crippen LogP contribution >= 0.6 is 0 Å². The number of amides is 1. The van der Waals surface area contributed by atoms with E-state index in [2.05, 4.69) is 26.0 Å². The van der Waals surface area contributed by atoms with E-state index in [9.17, 15) is 4.79 Å². The molecule has 0 aliphatic heterocycles. The van der Waals surface area contributed by atoms with Gasteiger partial charge in [-0.05, 0) is 49.4 Å². The summed E-state index contributed by atoms with van der Waals surface area (Å²) in [5.41, 5.74) is 1.68. The van der Waals surface area contributed by atoms with Crippen molar-refractivity contribution >= 4 is 11.6 Å². The molecule has 1 amide bonds. The molecule has 0 fully saturated rings. The summed E-state index contributed by atoms with van der Waals surface area (Å²) < 4.78 is 12.4. The number of hydrogen-bond donors (Lipinski definition) is 1. The molecule has 0 saturated carbocycles. The zero-order valence-corrected chi connectivity index (χ0v) is 14.2. The summed E-state index contributed by atoms with van der Waals surface area (Å²) in [5.74, 6) is 1.47. The van der Waals surface area contributed by atoms with Crippen LogP contribution in [-0.4, -0.2) is 31.3 Å². The molecule has 25 heavy (non-hydrogen) atoms. The van der Waals surface area contributed by atoms with Crippen LogP contribution in [0.1, 0.15) is 34.6 Å². The number of aromatic nitrogens is 5. The number of anilines is 1. The quantitative estimate of drug-likeness (QED) is 0.731. The maximum absolute atomic E-state index is 12.4. The Bertz CT molecular complexity index is 866. The average molecular weight is 342 g/mol.